The summed E-state index contributed by atoms with van der Waals surface area (Å²) >= 11 is 1.51. The van der Waals surface area contributed by atoms with Crippen LogP contribution in [0.5, 0.6) is 5.88 Å². The van der Waals surface area contributed by atoms with E-state index in [1.54, 1.807) is 6.07 Å². The molecule has 0 spiro atoms. The number of aromatic nitrogens is 2. The molecule has 1 fully saturated rings. The number of anilines is 1. The number of amides is 1. The van der Waals surface area contributed by atoms with Crippen LogP contribution >= 0.6 is 11.3 Å². The molecule has 1 aliphatic heterocycles. The zero-order valence-corrected chi connectivity index (χ0v) is 21.3. The summed E-state index contributed by atoms with van der Waals surface area (Å²) in [6.45, 7) is 3.92. The molecule has 0 bridgehead atoms. The fraction of sp³-hybridized carbons (Fsp3) is 0.708. The number of thiazole rings is 1. The van der Waals surface area contributed by atoms with Crippen LogP contribution in [0.3, 0.4) is 0 Å². The first kappa shape index (κ1) is 25.8. The van der Waals surface area contributed by atoms with Gasteiger partial charge >= 0.3 is 0 Å². The SMILES string of the molecule is CCC(F)(F)CNc1nc2c(s1)CCN(CCC1CCC(NC(=O)Cc3cc(OC)no3)CC1)C2. The van der Waals surface area contributed by atoms with Crippen molar-refractivity contribution in [3.05, 3.63) is 22.4 Å². The third-order valence-corrected chi connectivity index (χ3v) is 8.08. The minimum absolute atomic E-state index is 0.0492. The Morgan fingerprint density at radius 3 is 2.86 bits per heavy atom. The van der Waals surface area contributed by atoms with E-state index in [2.05, 4.69) is 25.7 Å². The molecule has 0 saturated heterocycles. The first-order valence-corrected chi connectivity index (χ1v) is 13.3. The Labute approximate surface area is 208 Å². The van der Waals surface area contributed by atoms with Crippen LogP contribution < -0.4 is 15.4 Å². The molecule has 194 valence electrons. The number of methoxy groups -OCH3 is 1. The summed E-state index contributed by atoms with van der Waals surface area (Å²) < 4.78 is 37.1. The van der Waals surface area contributed by atoms with Crippen LogP contribution in [-0.2, 0) is 24.2 Å². The fourth-order valence-corrected chi connectivity index (χ4v) is 5.68. The van der Waals surface area contributed by atoms with E-state index in [1.807, 2.05) is 0 Å². The maximum Gasteiger partial charge on any atom is 0.264 e. The van der Waals surface area contributed by atoms with Crippen molar-refractivity contribution in [3.63, 3.8) is 0 Å². The topological polar surface area (TPSA) is 92.5 Å². The Morgan fingerprint density at radius 1 is 1.34 bits per heavy atom. The Morgan fingerprint density at radius 2 is 2.14 bits per heavy atom. The van der Waals surface area contributed by atoms with E-state index in [0.717, 1.165) is 63.9 Å². The number of hydrogen-bond donors (Lipinski definition) is 2. The van der Waals surface area contributed by atoms with Crippen molar-refractivity contribution < 1.29 is 22.8 Å². The van der Waals surface area contributed by atoms with Gasteiger partial charge in [0.1, 0.15) is 5.76 Å². The van der Waals surface area contributed by atoms with Crippen LogP contribution in [0.4, 0.5) is 13.9 Å². The Bertz CT molecular complexity index is 974. The van der Waals surface area contributed by atoms with E-state index in [-0.39, 0.29) is 31.3 Å². The van der Waals surface area contributed by atoms with Gasteiger partial charge in [-0.05, 0) is 56.1 Å². The van der Waals surface area contributed by atoms with Crippen LogP contribution in [0.1, 0.15) is 61.8 Å². The van der Waals surface area contributed by atoms with Crippen molar-refractivity contribution in [1.82, 2.24) is 20.4 Å². The molecule has 1 amide bonds. The average Bonchev–Trinajstić information content (AvgIpc) is 3.48. The molecule has 3 heterocycles. The zero-order valence-electron chi connectivity index (χ0n) is 20.4. The molecule has 2 aromatic heterocycles. The molecule has 2 aromatic rings. The second-order valence-corrected chi connectivity index (χ2v) is 10.6. The van der Waals surface area contributed by atoms with Gasteiger partial charge in [0, 0.05) is 36.5 Å². The summed E-state index contributed by atoms with van der Waals surface area (Å²) in [7, 11) is 1.51. The zero-order chi connectivity index (χ0) is 24.8. The van der Waals surface area contributed by atoms with Gasteiger partial charge in [-0.15, -0.1) is 11.3 Å². The third kappa shape index (κ3) is 7.36. The molecule has 0 atom stereocenters. The lowest BCUT2D eigenvalue weighted by Gasteiger charge is -2.32. The van der Waals surface area contributed by atoms with Crippen LogP contribution in [0.15, 0.2) is 10.6 Å². The Hall–Kier alpha value is -2.27. The Kier molecular flexibility index (Phi) is 8.59. The van der Waals surface area contributed by atoms with E-state index in [4.69, 9.17) is 9.26 Å². The molecular weight excluding hydrogens is 476 g/mol. The van der Waals surface area contributed by atoms with Crippen LogP contribution in [-0.4, -0.2) is 59.7 Å². The molecule has 35 heavy (non-hydrogen) atoms. The summed E-state index contributed by atoms with van der Waals surface area (Å²) in [4.78, 5) is 20.5. The van der Waals surface area contributed by atoms with Crippen LogP contribution in [0, 0.1) is 5.92 Å². The van der Waals surface area contributed by atoms with Crippen molar-refractivity contribution >= 4 is 22.4 Å². The number of hydrogen-bond acceptors (Lipinski definition) is 8. The minimum atomic E-state index is -2.70. The van der Waals surface area contributed by atoms with Gasteiger partial charge in [0.2, 0.25) is 5.91 Å². The number of carbonyl (C=O) groups excluding carboxylic acids is 1. The van der Waals surface area contributed by atoms with Gasteiger partial charge < -0.3 is 19.9 Å². The predicted molar refractivity (Wildman–Crippen MR) is 130 cm³/mol. The fourth-order valence-electron chi connectivity index (χ4n) is 4.72. The van der Waals surface area contributed by atoms with Crippen LogP contribution in [0.2, 0.25) is 0 Å². The van der Waals surface area contributed by atoms with Gasteiger partial charge in [0.15, 0.2) is 5.13 Å². The Balaban J connectivity index is 1.14. The first-order chi connectivity index (χ1) is 16.8. The van der Waals surface area contributed by atoms with Crippen molar-refractivity contribution in [2.75, 3.05) is 32.1 Å². The van der Waals surface area contributed by atoms with Gasteiger partial charge in [-0.2, -0.15) is 0 Å². The van der Waals surface area contributed by atoms with Gasteiger partial charge in [-0.1, -0.05) is 6.92 Å². The van der Waals surface area contributed by atoms with E-state index in [1.165, 1.54) is 30.2 Å². The number of nitrogens with zero attached hydrogens (tertiary/aromatic N) is 3. The summed E-state index contributed by atoms with van der Waals surface area (Å²) in [5, 5.41) is 10.3. The predicted octanol–water partition coefficient (Wildman–Crippen LogP) is 4.26. The maximum atomic E-state index is 13.5. The van der Waals surface area contributed by atoms with Crippen molar-refractivity contribution in [2.45, 2.75) is 76.8 Å². The molecule has 11 heteroatoms. The molecule has 0 unspecified atom stereocenters. The minimum Gasteiger partial charge on any atom is -0.479 e. The molecule has 4 rings (SSSR count). The lowest BCUT2D eigenvalue weighted by molar-refractivity contribution is -0.121. The number of rotatable bonds is 11. The van der Waals surface area contributed by atoms with E-state index in [0.29, 0.717) is 22.7 Å². The standard InChI is InChI=1S/C24H35F2N5O3S/c1-3-24(25,26)15-27-23-29-19-14-31(11-9-20(19)35-23)10-8-16-4-6-17(7-5-16)28-21(32)12-18-13-22(33-2)30-34-18/h13,16-17H,3-12,14-15H2,1-2H3,(H,27,29)(H,28,32). The van der Waals surface area contributed by atoms with E-state index < -0.39 is 5.92 Å². The summed E-state index contributed by atoms with van der Waals surface area (Å²) in [6, 6.07) is 1.84. The second-order valence-electron chi connectivity index (χ2n) is 9.56. The normalized spacial score (nSPS) is 20.9. The lowest BCUT2D eigenvalue weighted by atomic mass is 9.84. The number of ether oxygens (including phenoxy) is 1. The smallest absolute Gasteiger partial charge is 0.264 e. The van der Waals surface area contributed by atoms with Crippen molar-refractivity contribution in [3.8, 4) is 5.88 Å². The molecular formula is C24H35F2N5O3S. The molecule has 2 aliphatic rings. The number of halogens is 2. The summed E-state index contributed by atoms with van der Waals surface area (Å²) in [5.74, 6) is -1.22. The highest BCUT2D eigenvalue weighted by Gasteiger charge is 2.28. The third-order valence-electron chi connectivity index (χ3n) is 6.97. The van der Waals surface area contributed by atoms with E-state index >= 15 is 0 Å². The largest absolute Gasteiger partial charge is 0.479 e. The highest BCUT2D eigenvalue weighted by Crippen LogP contribution is 2.31. The molecule has 0 radical (unpaired) electrons. The number of carbonyl (C=O) groups is 1. The van der Waals surface area contributed by atoms with Gasteiger partial charge in [0.25, 0.3) is 11.8 Å². The lowest BCUT2D eigenvalue weighted by Crippen LogP contribution is -2.39. The summed E-state index contributed by atoms with van der Waals surface area (Å²) in [5.41, 5.74) is 1.03. The van der Waals surface area contributed by atoms with Crippen molar-refractivity contribution in [1.29, 1.82) is 0 Å². The highest BCUT2D eigenvalue weighted by molar-refractivity contribution is 7.15. The number of fused-ring (bicyclic) bond motifs is 1. The highest BCUT2D eigenvalue weighted by atomic mass is 32.1. The first-order valence-electron chi connectivity index (χ1n) is 12.4. The molecule has 1 saturated carbocycles. The molecule has 1 aliphatic carbocycles. The molecule has 2 N–H and O–H groups in total. The maximum absolute atomic E-state index is 13.5. The van der Waals surface area contributed by atoms with E-state index in [9.17, 15) is 13.6 Å². The van der Waals surface area contributed by atoms with Gasteiger partial charge in [-0.3, -0.25) is 9.69 Å². The number of alkyl halides is 2. The molecule has 0 aromatic carbocycles. The average molecular weight is 512 g/mol. The number of nitrogens with one attached hydrogen (secondary N) is 2. The second kappa shape index (κ2) is 11.6. The van der Waals surface area contributed by atoms with Gasteiger partial charge in [-0.25, -0.2) is 13.8 Å². The van der Waals surface area contributed by atoms with Crippen LogP contribution in [0.25, 0.3) is 0 Å². The molecule has 8 nitrogen and oxygen atoms in total. The van der Waals surface area contributed by atoms with Gasteiger partial charge in [0.05, 0.1) is 25.8 Å². The van der Waals surface area contributed by atoms with Crippen molar-refractivity contribution in [2.24, 2.45) is 5.92 Å². The quantitative estimate of drug-likeness (QED) is 0.466. The summed E-state index contributed by atoms with van der Waals surface area (Å²) in [6.07, 6.45) is 6.24. The monoisotopic (exact) mass is 511 g/mol.